The van der Waals surface area contributed by atoms with Crippen molar-refractivity contribution < 1.29 is 22.8 Å². The van der Waals surface area contributed by atoms with E-state index in [0.29, 0.717) is 31.7 Å². The number of nitrogens with one attached hydrogen (secondary N) is 1. The lowest BCUT2D eigenvalue weighted by Crippen LogP contribution is -2.57. The Morgan fingerprint density at radius 2 is 2.04 bits per heavy atom. The number of aromatic amines is 1. The number of H-pyrrole nitrogens is 1. The van der Waals surface area contributed by atoms with E-state index in [1.165, 1.54) is 6.20 Å². The molecule has 3 aliphatic rings. The molecule has 1 N–H and O–H groups in total. The second-order valence-corrected chi connectivity index (χ2v) is 8.02. The van der Waals surface area contributed by atoms with Gasteiger partial charge in [-0.2, -0.15) is 18.3 Å². The van der Waals surface area contributed by atoms with E-state index in [0.717, 1.165) is 12.8 Å². The number of alkyl halides is 3. The number of rotatable bonds is 3. The molecular weight excluding hydrogens is 361 g/mol. The second-order valence-electron chi connectivity index (χ2n) is 8.02. The van der Waals surface area contributed by atoms with Crippen LogP contribution in [0.5, 0.6) is 0 Å². The van der Waals surface area contributed by atoms with Crippen LogP contribution in [0.25, 0.3) is 0 Å². The van der Waals surface area contributed by atoms with Gasteiger partial charge in [-0.15, -0.1) is 0 Å². The third-order valence-corrected chi connectivity index (χ3v) is 6.35. The highest BCUT2D eigenvalue weighted by atomic mass is 19.4. The number of likely N-dealkylation sites (tertiary alicyclic amines) is 2. The molecule has 2 saturated heterocycles. The molecule has 27 heavy (non-hydrogen) atoms. The molecule has 3 fully saturated rings. The van der Waals surface area contributed by atoms with Crippen molar-refractivity contribution in [1.29, 1.82) is 0 Å². The standard InChI is InChI=1S/C18H23F3N4O2/c19-18(20,21)17(5-6-17)10-15(26)25-8-1-2-12-11-24(9-4-14(12)25)16(27)13-3-7-22-23-13/h3,7,12,14H,1-2,4-6,8-11H2,(H,22,23). The van der Waals surface area contributed by atoms with Gasteiger partial charge in [0.15, 0.2) is 0 Å². The van der Waals surface area contributed by atoms with Crippen LogP contribution < -0.4 is 0 Å². The van der Waals surface area contributed by atoms with Crippen LogP contribution in [0.2, 0.25) is 0 Å². The van der Waals surface area contributed by atoms with Crippen molar-refractivity contribution in [3.63, 3.8) is 0 Å². The zero-order valence-corrected chi connectivity index (χ0v) is 15.0. The molecule has 1 aliphatic carbocycles. The first-order chi connectivity index (χ1) is 12.8. The van der Waals surface area contributed by atoms with E-state index in [2.05, 4.69) is 10.2 Å². The predicted molar refractivity (Wildman–Crippen MR) is 89.7 cm³/mol. The summed E-state index contributed by atoms with van der Waals surface area (Å²) in [5, 5.41) is 6.47. The van der Waals surface area contributed by atoms with Gasteiger partial charge in [0.1, 0.15) is 5.69 Å². The summed E-state index contributed by atoms with van der Waals surface area (Å²) in [4.78, 5) is 28.6. The maximum absolute atomic E-state index is 13.2. The molecule has 0 spiro atoms. The molecule has 2 atom stereocenters. The fourth-order valence-electron chi connectivity index (χ4n) is 4.55. The number of aromatic nitrogens is 2. The van der Waals surface area contributed by atoms with Crippen LogP contribution >= 0.6 is 0 Å². The van der Waals surface area contributed by atoms with E-state index in [-0.39, 0.29) is 36.6 Å². The van der Waals surface area contributed by atoms with Gasteiger partial charge in [0, 0.05) is 38.3 Å². The van der Waals surface area contributed by atoms with Gasteiger partial charge in [0.05, 0.1) is 5.41 Å². The minimum absolute atomic E-state index is 0.0522. The molecule has 148 valence electrons. The maximum Gasteiger partial charge on any atom is 0.395 e. The zero-order valence-electron chi connectivity index (χ0n) is 15.0. The average molecular weight is 384 g/mol. The molecule has 2 unspecified atom stereocenters. The molecule has 2 amide bonds. The Morgan fingerprint density at radius 3 is 2.67 bits per heavy atom. The van der Waals surface area contributed by atoms with Crippen molar-refractivity contribution in [1.82, 2.24) is 20.0 Å². The smallest absolute Gasteiger partial charge is 0.339 e. The van der Waals surface area contributed by atoms with Gasteiger partial charge in [-0.25, -0.2) is 0 Å². The highest BCUT2D eigenvalue weighted by Gasteiger charge is 2.64. The average Bonchev–Trinajstić information content (AvgIpc) is 3.23. The second kappa shape index (κ2) is 6.53. The Bertz CT molecular complexity index is 715. The zero-order chi connectivity index (χ0) is 19.2. The summed E-state index contributed by atoms with van der Waals surface area (Å²) in [6, 6.07) is 1.55. The lowest BCUT2D eigenvalue weighted by Gasteiger charge is -2.47. The Kier molecular flexibility index (Phi) is 4.43. The first kappa shape index (κ1) is 18.3. The van der Waals surface area contributed by atoms with Crippen LogP contribution in [0.4, 0.5) is 13.2 Å². The minimum atomic E-state index is -4.31. The van der Waals surface area contributed by atoms with E-state index in [9.17, 15) is 22.8 Å². The van der Waals surface area contributed by atoms with Crippen molar-refractivity contribution in [3.8, 4) is 0 Å². The number of hydrogen-bond acceptors (Lipinski definition) is 3. The van der Waals surface area contributed by atoms with Crippen LogP contribution in [0.15, 0.2) is 12.3 Å². The number of carbonyl (C=O) groups excluding carboxylic acids is 2. The van der Waals surface area contributed by atoms with Gasteiger partial charge >= 0.3 is 6.18 Å². The SMILES string of the molecule is O=C(c1ccn[nH]1)N1CCC2C(CCCN2C(=O)CC2(C(F)(F)F)CC2)C1. The molecular formula is C18H23F3N4O2. The van der Waals surface area contributed by atoms with Gasteiger partial charge in [0.25, 0.3) is 5.91 Å². The van der Waals surface area contributed by atoms with Gasteiger partial charge in [-0.3, -0.25) is 14.7 Å². The molecule has 0 radical (unpaired) electrons. The summed E-state index contributed by atoms with van der Waals surface area (Å²) < 4.78 is 39.6. The van der Waals surface area contributed by atoms with Crippen LogP contribution in [0.1, 0.15) is 49.0 Å². The molecule has 6 nitrogen and oxygen atoms in total. The summed E-state index contributed by atoms with van der Waals surface area (Å²) in [7, 11) is 0. The molecule has 3 heterocycles. The number of amides is 2. The van der Waals surface area contributed by atoms with Crippen molar-refractivity contribution in [2.45, 2.75) is 50.7 Å². The monoisotopic (exact) mass is 384 g/mol. The first-order valence-electron chi connectivity index (χ1n) is 9.46. The van der Waals surface area contributed by atoms with E-state index in [4.69, 9.17) is 0 Å². The van der Waals surface area contributed by atoms with E-state index < -0.39 is 18.0 Å². The Labute approximate surface area is 155 Å². The predicted octanol–water partition coefficient (Wildman–Crippen LogP) is 2.60. The molecule has 2 aliphatic heterocycles. The quantitative estimate of drug-likeness (QED) is 0.871. The van der Waals surface area contributed by atoms with Crippen LogP contribution in [0, 0.1) is 11.3 Å². The number of carbonyl (C=O) groups is 2. The molecule has 1 saturated carbocycles. The Hall–Kier alpha value is -2.06. The maximum atomic E-state index is 13.2. The normalized spacial score (nSPS) is 27.2. The highest BCUT2D eigenvalue weighted by molar-refractivity contribution is 5.92. The van der Waals surface area contributed by atoms with Crippen molar-refractivity contribution in [3.05, 3.63) is 18.0 Å². The van der Waals surface area contributed by atoms with Gasteiger partial charge in [0.2, 0.25) is 5.91 Å². The summed E-state index contributed by atoms with van der Waals surface area (Å²) >= 11 is 0. The molecule has 9 heteroatoms. The molecule has 0 aromatic carbocycles. The highest BCUT2D eigenvalue weighted by Crippen LogP contribution is 2.60. The lowest BCUT2D eigenvalue weighted by atomic mass is 9.83. The number of nitrogens with zero attached hydrogens (tertiary/aromatic N) is 3. The van der Waals surface area contributed by atoms with Gasteiger partial charge in [-0.05, 0) is 44.1 Å². The van der Waals surface area contributed by atoms with Gasteiger partial charge < -0.3 is 9.80 Å². The third kappa shape index (κ3) is 3.32. The number of halogens is 3. The number of piperidine rings is 2. The van der Waals surface area contributed by atoms with E-state index in [1.54, 1.807) is 15.9 Å². The fourth-order valence-corrected chi connectivity index (χ4v) is 4.55. The lowest BCUT2D eigenvalue weighted by molar-refractivity contribution is -0.193. The van der Waals surface area contributed by atoms with Crippen molar-refractivity contribution in [2.24, 2.45) is 11.3 Å². The Morgan fingerprint density at radius 1 is 1.26 bits per heavy atom. The topological polar surface area (TPSA) is 69.3 Å². The molecule has 1 aromatic heterocycles. The van der Waals surface area contributed by atoms with Crippen LogP contribution in [0.3, 0.4) is 0 Å². The first-order valence-corrected chi connectivity index (χ1v) is 9.46. The number of hydrogen-bond donors (Lipinski definition) is 1. The summed E-state index contributed by atoms with van der Waals surface area (Å²) in [5.41, 5.74) is -1.37. The van der Waals surface area contributed by atoms with Crippen LogP contribution in [-0.2, 0) is 4.79 Å². The fraction of sp³-hybridized carbons (Fsp3) is 0.722. The van der Waals surface area contributed by atoms with Gasteiger partial charge in [-0.1, -0.05) is 0 Å². The Balaban J connectivity index is 1.41. The largest absolute Gasteiger partial charge is 0.395 e. The summed E-state index contributed by atoms with van der Waals surface area (Å²) in [6.07, 6.45) is -0.865. The summed E-state index contributed by atoms with van der Waals surface area (Å²) in [6.45, 7) is 1.53. The molecule has 1 aromatic rings. The molecule has 4 rings (SSSR count). The van der Waals surface area contributed by atoms with E-state index >= 15 is 0 Å². The van der Waals surface area contributed by atoms with Crippen LogP contribution in [-0.4, -0.2) is 63.7 Å². The van der Waals surface area contributed by atoms with Crippen molar-refractivity contribution in [2.75, 3.05) is 19.6 Å². The summed E-state index contributed by atoms with van der Waals surface area (Å²) in [5.74, 6) is -0.388. The minimum Gasteiger partial charge on any atom is -0.339 e. The molecule has 0 bridgehead atoms. The number of fused-ring (bicyclic) bond motifs is 1. The third-order valence-electron chi connectivity index (χ3n) is 6.35. The van der Waals surface area contributed by atoms with Crippen molar-refractivity contribution >= 4 is 11.8 Å². The van der Waals surface area contributed by atoms with E-state index in [1.807, 2.05) is 0 Å².